The Labute approximate surface area is 96.5 Å². The SMILES string of the molecule is COC(=O)Oc1cc(Br)c(F)cc1Br. The molecular weight excluding hydrogens is 323 g/mol. The zero-order chi connectivity index (χ0) is 10.7. The van der Waals surface area contributed by atoms with Gasteiger partial charge >= 0.3 is 6.16 Å². The lowest BCUT2D eigenvalue weighted by molar-refractivity contribution is 0.121. The summed E-state index contributed by atoms with van der Waals surface area (Å²) in [5.74, 6) is -0.265. The van der Waals surface area contributed by atoms with Crippen molar-refractivity contribution in [2.24, 2.45) is 0 Å². The van der Waals surface area contributed by atoms with E-state index in [0.29, 0.717) is 4.47 Å². The van der Waals surface area contributed by atoms with Crippen LogP contribution in [0, 0.1) is 5.82 Å². The van der Waals surface area contributed by atoms with Crippen LogP contribution < -0.4 is 4.74 Å². The van der Waals surface area contributed by atoms with Gasteiger partial charge in [-0.05, 0) is 44.0 Å². The Morgan fingerprint density at radius 3 is 2.57 bits per heavy atom. The molecule has 0 amide bonds. The van der Waals surface area contributed by atoms with Gasteiger partial charge in [-0.15, -0.1) is 0 Å². The Balaban J connectivity index is 2.98. The average molecular weight is 328 g/mol. The van der Waals surface area contributed by atoms with Crippen molar-refractivity contribution in [2.75, 3.05) is 7.11 Å². The van der Waals surface area contributed by atoms with E-state index in [4.69, 9.17) is 4.74 Å². The van der Waals surface area contributed by atoms with Gasteiger partial charge in [0.15, 0.2) is 0 Å². The summed E-state index contributed by atoms with van der Waals surface area (Å²) < 4.78 is 22.5. The van der Waals surface area contributed by atoms with Crippen LogP contribution >= 0.6 is 31.9 Å². The minimum atomic E-state index is -0.857. The molecule has 14 heavy (non-hydrogen) atoms. The first-order chi connectivity index (χ1) is 6.54. The summed E-state index contributed by atoms with van der Waals surface area (Å²) in [6.45, 7) is 0. The average Bonchev–Trinajstić information content (AvgIpc) is 2.14. The molecule has 0 aliphatic carbocycles. The molecule has 0 heterocycles. The number of benzene rings is 1. The molecule has 1 aromatic rings. The summed E-state index contributed by atoms with van der Waals surface area (Å²) in [6, 6.07) is 2.51. The third kappa shape index (κ3) is 2.68. The van der Waals surface area contributed by atoms with E-state index >= 15 is 0 Å². The topological polar surface area (TPSA) is 35.5 Å². The van der Waals surface area contributed by atoms with Crippen LogP contribution in [-0.2, 0) is 4.74 Å². The predicted molar refractivity (Wildman–Crippen MR) is 54.8 cm³/mol. The molecule has 0 N–H and O–H groups in total. The molecule has 0 aromatic heterocycles. The summed E-state index contributed by atoms with van der Waals surface area (Å²) >= 11 is 6.01. The molecule has 0 fully saturated rings. The van der Waals surface area contributed by atoms with Gasteiger partial charge < -0.3 is 9.47 Å². The number of carbonyl (C=O) groups excluding carboxylic acids is 1. The fraction of sp³-hybridized carbons (Fsp3) is 0.125. The molecule has 0 bridgehead atoms. The third-order valence-corrected chi connectivity index (χ3v) is 2.56. The van der Waals surface area contributed by atoms with Crippen LogP contribution in [-0.4, -0.2) is 13.3 Å². The zero-order valence-corrected chi connectivity index (χ0v) is 10.2. The van der Waals surface area contributed by atoms with E-state index in [9.17, 15) is 9.18 Å². The van der Waals surface area contributed by atoms with Crippen LogP contribution in [0.15, 0.2) is 21.1 Å². The Kier molecular flexibility index (Phi) is 3.88. The van der Waals surface area contributed by atoms with Crippen molar-refractivity contribution in [3.63, 3.8) is 0 Å². The smallest absolute Gasteiger partial charge is 0.437 e. The number of halogens is 3. The van der Waals surface area contributed by atoms with Crippen LogP contribution in [0.4, 0.5) is 9.18 Å². The van der Waals surface area contributed by atoms with E-state index in [1.54, 1.807) is 0 Å². The van der Waals surface area contributed by atoms with Gasteiger partial charge in [-0.2, -0.15) is 0 Å². The van der Waals surface area contributed by atoms with Gasteiger partial charge in [-0.3, -0.25) is 0 Å². The Bertz CT molecular complexity index is 368. The van der Waals surface area contributed by atoms with Crippen molar-refractivity contribution < 1.29 is 18.7 Å². The monoisotopic (exact) mass is 326 g/mol. The number of carbonyl (C=O) groups is 1. The van der Waals surface area contributed by atoms with Crippen molar-refractivity contribution in [3.05, 3.63) is 26.9 Å². The van der Waals surface area contributed by atoms with E-state index < -0.39 is 12.0 Å². The first-order valence-corrected chi connectivity index (χ1v) is 5.03. The lowest BCUT2D eigenvalue weighted by atomic mass is 10.3. The molecule has 1 aromatic carbocycles. The van der Waals surface area contributed by atoms with Crippen LogP contribution in [0.5, 0.6) is 5.75 Å². The summed E-state index contributed by atoms with van der Waals surface area (Å²) in [6.07, 6.45) is -0.857. The summed E-state index contributed by atoms with van der Waals surface area (Å²) in [4.78, 5) is 10.8. The number of methoxy groups -OCH3 is 1. The van der Waals surface area contributed by atoms with E-state index in [0.717, 1.165) is 0 Å². The highest BCUT2D eigenvalue weighted by Gasteiger charge is 2.11. The Hall–Kier alpha value is -0.620. The Morgan fingerprint density at radius 2 is 2.00 bits per heavy atom. The van der Waals surface area contributed by atoms with Gasteiger partial charge in [0, 0.05) is 0 Å². The second kappa shape index (κ2) is 4.75. The van der Waals surface area contributed by atoms with Crippen LogP contribution in [0.25, 0.3) is 0 Å². The van der Waals surface area contributed by atoms with Crippen molar-refractivity contribution >= 4 is 38.0 Å². The quantitative estimate of drug-likeness (QED) is 0.450. The summed E-state index contributed by atoms with van der Waals surface area (Å²) in [7, 11) is 1.19. The molecule has 0 unspecified atom stereocenters. The van der Waals surface area contributed by atoms with Gasteiger partial charge in [0.25, 0.3) is 0 Å². The van der Waals surface area contributed by atoms with Gasteiger partial charge in [0.2, 0.25) is 0 Å². The molecule has 0 radical (unpaired) electrons. The number of ether oxygens (including phenoxy) is 2. The molecule has 0 aliphatic heterocycles. The van der Waals surface area contributed by atoms with Gasteiger partial charge in [0.05, 0.1) is 16.1 Å². The van der Waals surface area contributed by atoms with E-state index in [1.165, 1.54) is 19.2 Å². The first-order valence-electron chi connectivity index (χ1n) is 3.45. The first kappa shape index (κ1) is 11.5. The van der Waals surface area contributed by atoms with E-state index in [2.05, 4.69) is 36.6 Å². The highest BCUT2D eigenvalue weighted by molar-refractivity contribution is 9.11. The lowest BCUT2D eigenvalue weighted by Crippen LogP contribution is -2.07. The molecule has 6 heteroatoms. The highest BCUT2D eigenvalue weighted by atomic mass is 79.9. The highest BCUT2D eigenvalue weighted by Crippen LogP contribution is 2.30. The van der Waals surface area contributed by atoms with Crippen LogP contribution in [0.1, 0.15) is 0 Å². The summed E-state index contributed by atoms with van der Waals surface area (Å²) in [5, 5.41) is 0. The van der Waals surface area contributed by atoms with E-state index in [1.807, 2.05) is 0 Å². The third-order valence-electron chi connectivity index (χ3n) is 1.33. The normalized spacial score (nSPS) is 9.71. The minimum absolute atomic E-state index is 0.185. The molecular formula is C8H5Br2FO3. The zero-order valence-electron chi connectivity index (χ0n) is 7.01. The molecule has 1 rings (SSSR count). The largest absolute Gasteiger partial charge is 0.513 e. The maximum Gasteiger partial charge on any atom is 0.513 e. The maximum atomic E-state index is 12.9. The molecule has 76 valence electrons. The van der Waals surface area contributed by atoms with Crippen LogP contribution in [0.2, 0.25) is 0 Å². The lowest BCUT2D eigenvalue weighted by Gasteiger charge is -2.05. The van der Waals surface area contributed by atoms with Crippen LogP contribution in [0.3, 0.4) is 0 Å². The van der Waals surface area contributed by atoms with Gasteiger partial charge in [-0.25, -0.2) is 9.18 Å². The van der Waals surface area contributed by atoms with Crippen molar-refractivity contribution in [3.8, 4) is 5.75 Å². The molecule has 0 aliphatic rings. The second-order valence-corrected chi connectivity index (χ2v) is 3.96. The number of rotatable bonds is 1. The Morgan fingerprint density at radius 1 is 1.36 bits per heavy atom. The molecule has 0 atom stereocenters. The number of hydrogen-bond acceptors (Lipinski definition) is 3. The molecule has 0 spiro atoms. The molecule has 0 saturated heterocycles. The maximum absolute atomic E-state index is 12.9. The van der Waals surface area contributed by atoms with Crippen molar-refractivity contribution in [2.45, 2.75) is 0 Å². The van der Waals surface area contributed by atoms with Crippen molar-refractivity contribution in [1.29, 1.82) is 0 Å². The number of hydrogen-bond donors (Lipinski definition) is 0. The predicted octanol–water partition coefficient (Wildman–Crippen LogP) is 3.50. The van der Waals surface area contributed by atoms with Gasteiger partial charge in [-0.1, -0.05) is 0 Å². The fourth-order valence-electron chi connectivity index (χ4n) is 0.714. The van der Waals surface area contributed by atoms with E-state index in [-0.39, 0.29) is 10.2 Å². The second-order valence-electron chi connectivity index (χ2n) is 2.25. The van der Waals surface area contributed by atoms with Crippen molar-refractivity contribution in [1.82, 2.24) is 0 Å². The standard InChI is InChI=1S/C8H5Br2FO3/c1-13-8(12)14-7-3-4(9)6(11)2-5(7)10/h2-3H,1H3. The molecule has 3 nitrogen and oxygen atoms in total. The molecule has 0 saturated carbocycles. The fourth-order valence-corrected chi connectivity index (χ4v) is 1.43. The minimum Gasteiger partial charge on any atom is -0.437 e. The van der Waals surface area contributed by atoms with Gasteiger partial charge in [0.1, 0.15) is 11.6 Å². The summed E-state index contributed by atoms with van der Waals surface area (Å²) in [5.41, 5.74) is 0.